The van der Waals surface area contributed by atoms with E-state index in [0.717, 1.165) is 19.7 Å². The Morgan fingerprint density at radius 3 is 2.30 bits per heavy atom. The van der Waals surface area contributed by atoms with E-state index in [1.54, 1.807) is 0 Å². The van der Waals surface area contributed by atoms with Crippen molar-refractivity contribution in [1.29, 1.82) is 0 Å². The van der Waals surface area contributed by atoms with Crippen molar-refractivity contribution in [2.45, 2.75) is 51.7 Å². The first-order valence-corrected chi connectivity index (χ1v) is 8.35. The minimum absolute atomic E-state index is 0.324. The molecule has 2 fully saturated rings. The Labute approximate surface area is 124 Å². The first-order valence-electron chi connectivity index (χ1n) is 8.35. The largest absolute Gasteiger partial charge is 0.378 e. The molecule has 2 heterocycles. The number of nitrogens with zero attached hydrogens (tertiary/aromatic N) is 2. The van der Waals surface area contributed by atoms with Gasteiger partial charge in [-0.2, -0.15) is 0 Å². The van der Waals surface area contributed by atoms with Crippen LogP contribution in [0, 0.1) is 0 Å². The van der Waals surface area contributed by atoms with Crippen LogP contribution in [-0.2, 0) is 4.74 Å². The molecule has 4 nitrogen and oxygen atoms in total. The second-order valence-corrected chi connectivity index (χ2v) is 7.17. The summed E-state index contributed by atoms with van der Waals surface area (Å²) in [5, 5.41) is 3.38. The number of hydrogen-bond acceptors (Lipinski definition) is 4. The molecule has 0 aromatic heterocycles. The summed E-state index contributed by atoms with van der Waals surface area (Å²) in [7, 11) is 0. The third-order valence-electron chi connectivity index (χ3n) is 4.58. The van der Waals surface area contributed by atoms with Gasteiger partial charge in [-0.05, 0) is 53.1 Å². The summed E-state index contributed by atoms with van der Waals surface area (Å²) in [5.74, 6) is 0. The maximum absolute atomic E-state index is 5.97. The van der Waals surface area contributed by atoms with Gasteiger partial charge in [0.25, 0.3) is 0 Å². The minimum atomic E-state index is 0.324. The van der Waals surface area contributed by atoms with Crippen LogP contribution in [-0.4, -0.2) is 73.9 Å². The summed E-state index contributed by atoms with van der Waals surface area (Å²) in [6.07, 6.45) is 4.06. The number of ether oxygens (including phenoxy) is 1. The minimum Gasteiger partial charge on any atom is -0.378 e. The molecule has 2 saturated heterocycles. The molecule has 0 radical (unpaired) electrons. The predicted molar refractivity (Wildman–Crippen MR) is 84.2 cm³/mol. The van der Waals surface area contributed by atoms with Gasteiger partial charge in [0.05, 0.1) is 6.10 Å². The summed E-state index contributed by atoms with van der Waals surface area (Å²) >= 11 is 0. The molecule has 0 aromatic carbocycles. The molecule has 2 rings (SSSR count). The SMILES string of the molecule is CC(C)(C)N1CCN(CCCOC2CCNCC2)CC1. The molecule has 0 bridgehead atoms. The zero-order valence-corrected chi connectivity index (χ0v) is 13.7. The molecule has 4 heteroatoms. The van der Waals surface area contributed by atoms with Crippen LogP contribution in [0.2, 0.25) is 0 Å². The summed E-state index contributed by atoms with van der Waals surface area (Å²) in [5.41, 5.74) is 0.324. The van der Waals surface area contributed by atoms with Crippen LogP contribution in [0.3, 0.4) is 0 Å². The van der Waals surface area contributed by atoms with Crippen molar-refractivity contribution in [3.05, 3.63) is 0 Å². The number of nitrogens with one attached hydrogen (secondary N) is 1. The van der Waals surface area contributed by atoms with Crippen LogP contribution in [0.4, 0.5) is 0 Å². The molecule has 2 aliphatic rings. The fourth-order valence-electron chi connectivity index (χ4n) is 3.14. The lowest BCUT2D eigenvalue weighted by molar-refractivity contribution is 0.0206. The smallest absolute Gasteiger partial charge is 0.0599 e. The highest BCUT2D eigenvalue weighted by molar-refractivity contribution is 4.81. The third kappa shape index (κ3) is 5.32. The number of hydrogen-bond donors (Lipinski definition) is 1. The first-order chi connectivity index (χ1) is 9.55. The average molecular weight is 283 g/mol. The monoisotopic (exact) mass is 283 g/mol. The van der Waals surface area contributed by atoms with Crippen LogP contribution in [0.1, 0.15) is 40.0 Å². The summed E-state index contributed by atoms with van der Waals surface area (Å²) in [6.45, 7) is 16.2. The van der Waals surface area contributed by atoms with Gasteiger partial charge in [-0.1, -0.05) is 0 Å². The molecule has 0 saturated carbocycles. The Kier molecular flexibility index (Phi) is 6.27. The van der Waals surface area contributed by atoms with Crippen LogP contribution in [0.15, 0.2) is 0 Å². The molecule has 0 atom stereocenters. The quantitative estimate of drug-likeness (QED) is 0.775. The van der Waals surface area contributed by atoms with E-state index >= 15 is 0 Å². The van der Waals surface area contributed by atoms with Gasteiger partial charge in [0.2, 0.25) is 0 Å². The van der Waals surface area contributed by atoms with Crippen molar-refractivity contribution >= 4 is 0 Å². The van der Waals surface area contributed by atoms with Gasteiger partial charge < -0.3 is 15.0 Å². The van der Waals surface area contributed by atoms with E-state index in [0.29, 0.717) is 11.6 Å². The normalized spacial score (nSPS) is 24.1. The Hall–Kier alpha value is -0.160. The summed E-state index contributed by atoms with van der Waals surface area (Å²) in [6, 6.07) is 0. The van der Waals surface area contributed by atoms with Crippen molar-refractivity contribution < 1.29 is 4.74 Å². The number of rotatable bonds is 5. The molecule has 0 aromatic rings. The van der Waals surface area contributed by atoms with Crippen molar-refractivity contribution in [3.63, 3.8) is 0 Å². The lowest BCUT2D eigenvalue weighted by Gasteiger charge is -2.42. The van der Waals surface area contributed by atoms with E-state index in [9.17, 15) is 0 Å². The van der Waals surface area contributed by atoms with Gasteiger partial charge in [0.1, 0.15) is 0 Å². The zero-order valence-electron chi connectivity index (χ0n) is 13.7. The Morgan fingerprint density at radius 2 is 1.70 bits per heavy atom. The van der Waals surface area contributed by atoms with E-state index < -0.39 is 0 Å². The lowest BCUT2D eigenvalue weighted by Crippen LogP contribution is -2.53. The van der Waals surface area contributed by atoms with Gasteiger partial charge in [-0.15, -0.1) is 0 Å². The molecule has 118 valence electrons. The number of piperidine rings is 1. The van der Waals surface area contributed by atoms with Crippen LogP contribution in [0.5, 0.6) is 0 Å². The first kappa shape index (κ1) is 16.2. The zero-order chi connectivity index (χ0) is 14.4. The molecular formula is C16H33N3O. The standard InChI is InChI=1S/C16H33N3O/c1-16(2,3)19-12-10-18(11-13-19)9-4-14-20-15-5-7-17-8-6-15/h15,17H,4-14H2,1-3H3. The highest BCUT2D eigenvalue weighted by atomic mass is 16.5. The molecule has 0 amide bonds. The van der Waals surface area contributed by atoms with E-state index in [1.807, 2.05) is 0 Å². The number of piperazine rings is 1. The van der Waals surface area contributed by atoms with Crippen molar-refractivity contribution in [3.8, 4) is 0 Å². The highest BCUT2D eigenvalue weighted by Gasteiger charge is 2.25. The highest BCUT2D eigenvalue weighted by Crippen LogP contribution is 2.16. The second-order valence-electron chi connectivity index (χ2n) is 7.17. The van der Waals surface area contributed by atoms with Crippen molar-refractivity contribution in [2.24, 2.45) is 0 Å². The summed E-state index contributed by atoms with van der Waals surface area (Å²) < 4.78 is 5.97. The lowest BCUT2D eigenvalue weighted by atomic mass is 10.0. The summed E-state index contributed by atoms with van der Waals surface area (Å²) in [4.78, 5) is 5.18. The molecule has 2 aliphatic heterocycles. The maximum Gasteiger partial charge on any atom is 0.0599 e. The second kappa shape index (κ2) is 7.74. The van der Waals surface area contributed by atoms with Crippen molar-refractivity contribution in [2.75, 3.05) is 52.4 Å². The fourth-order valence-corrected chi connectivity index (χ4v) is 3.14. The molecule has 0 spiro atoms. The fraction of sp³-hybridized carbons (Fsp3) is 1.00. The van der Waals surface area contributed by atoms with E-state index in [2.05, 4.69) is 35.9 Å². The van der Waals surface area contributed by atoms with E-state index in [-0.39, 0.29) is 0 Å². The van der Waals surface area contributed by atoms with Crippen LogP contribution < -0.4 is 5.32 Å². The maximum atomic E-state index is 5.97. The topological polar surface area (TPSA) is 27.7 Å². The van der Waals surface area contributed by atoms with Gasteiger partial charge in [0, 0.05) is 44.9 Å². The third-order valence-corrected chi connectivity index (χ3v) is 4.58. The molecule has 0 unspecified atom stereocenters. The molecule has 20 heavy (non-hydrogen) atoms. The Bertz CT molecular complexity index is 263. The molecule has 0 aliphatic carbocycles. The van der Waals surface area contributed by atoms with Gasteiger partial charge in [0.15, 0.2) is 0 Å². The van der Waals surface area contributed by atoms with Gasteiger partial charge >= 0.3 is 0 Å². The van der Waals surface area contributed by atoms with Gasteiger partial charge in [-0.3, -0.25) is 4.90 Å². The molecular weight excluding hydrogens is 250 g/mol. The van der Waals surface area contributed by atoms with Crippen LogP contribution >= 0.6 is 0 Å². The van der Waals surface area contributed by atoms with E-state index in [4.69, 9.17) is 4.74 Å². The van der Waals surface area contributed by atoms with Crippen molar-refractivity contribution in [1.82, 2.24) is 15.1 Å². The Morgan fingerprint density at radius 1 is 1.05 bits per heavy atom. The molecule has 1 N–H and O–H groups in total. The average Bonchev–Trinajstić information content (AvgIpc) is 2.44. The van der Waals surface area contributed by atoms with E-state index in [1.165, 1.54) is 52.0 Å². The van der Waals surface area contributed by atoms with Crippen LogP contribution in [0.25, 0.3) is 0 Å². The van der Waals surface area contributed by atoms with Gasteiger partial charge in [-0.25, -0.2) is 0 Å². The predicted octanol–water partition coefficient (Wildman–Crippen LogP) is 1.56. The Balaban J connectivity index is 1.53.